The van der Waals surface area contributed by atoms with E-state index in [4.69, 9.17) is 9.66 Å². The first kappa shape index (κ1) is 17.6. The van der Waals surface area contributed by atoms with Crippen molar-refractivity contribution in [2.24, 2.45) is 5.14 Å². The molecule has 140 valence electrons. The average molecular weight is 388 g/mol. The van der Waals surface area contributed by atoms with E-state index in [0.29, 0.717) is 30.2 Å². The Balaban J connectivity index is 1.58. The summed E-state index contributed by atoms with van der Waals surface area (Å²) in [7, 11) is -3.73. The van der Waals surface area contributed by atoms with E-state index < -0.39 is 10.0 Å². The molecule has 0 aliphatic carbocycles. The van der Waals surface area contributed by atoms with Crippen LogP contribution in [-0.4, -0.2) is 24.6 Å². The molecule has 0 spiro atoms. The average Bonchev–Trinajstić information content (AvgIpc) is 3.20. The largest absolute Gasteiger partial charge is 0.359 e. The fourth-order valence-corrected chi connectivity index (χ4v) is 3.83. The number of aromatic nitrogens is 2. The number of nitrogens with zero attached hydrogens (tertiary/aromatic N) is 3. The Morgan fingerprint density at radius 1 is 1.26 bits per heavy atom. The monoisotopic (exact) mass is 388 g/mol. The molecule has 4 rings (SSSR count). The topological polar surface area (TPSA) is 102 Å². The molecule has 2 aromatic carbocycles. The summed E-state index contributed by atoms with van der Waals surface area (Å²) in [4.78, 5) is 6.56. The zero-order valence-corrected chi connectivity index (χ0v) is 15.3. The second-order valence-electron chi connectivity index (χ2n) is 6.54. The van der Waals surface area contributed by atoms with Crippen LogP contribution in [-0.2, 0) is 23.0 Å². The summed E-state index contributed by atoms with van der Waals surface area (Å²) in [6.07, 6.45) is 0.692. The molecule has 3 aromatic rings. The van der Waals surface area contributed by atoms with Crippen molar-refractivity contribution in [3.63, 3.8) is 0 Å². The van der Waals surface area contributed by atoms with Gasteiger partial charge in [0.2, 0.25) is 21.7 Å². The lowest BCUT2D eigenvalue weighted by atomic mass is 10.1. The highest BCUT2D eigenvalue weighted by Crippen LogP contribution is 2.34. The molecule has 0 amide bonds. The van der Waals surface area contributed by atoms with Crippen molar-refractivity contribution < 1.29 is 17.3 Å². The number of hydrogen-bond donors (Lipinski definition) is 1. The Kier molecular flexibility index (Phi) is 4.20. The number of halogens is 1. The molecular weight excluding hydrogens is 371 g/mol. The van der Waals surface area contributed by atoms with Crippen molar-refractivity contribution in [1.29, 1.82) is 0 Å². The molecule has 0 saturated heterocycles. The van der Waals surface area contributed by atoms with Gasteiger partial charge in [0.05, 0.1) is 11.4 Å². The smallest absolute Gasteiger partial charge is 0.246 e. The number of fused-ring (bicyclic) bond motifs is 1. The zero-order chi connectivity index (χ0) is 19.2. The van der Waals surface area contributed by atoms with Crippen LogP contribution in [0.2, 0.25) is 0 Å². The first-order chi connectivity index (χ1) is 12.8. The molecule has 1 aliphatic rings. The number of nitrogens with two attached hydrogens (primary N) is 1. The van der Waals surface area contributed by atoms with Crippen LogP contribution >= 0.6 is 0 Å². The summed E-state index contributed by atoms with van der Waals surface area (Å²) in [5.41, 5.74) is 2.49. The summed E-state index contributed by atoms with van der Waals surface area (Å²) in [5.74, 6) is 0.482. The Labute approximate surface area is 155 Å². The van der Waals surface area contributed by atoms with Crippen molar-refractivity contribution in [2.45, 2.75) is 30.8 Å². The van der Waals surface area contributed by atoms with E-state index in [1.807, 2.05) is 6.92 Å². The van der Waals surface area contributed by atoms with Gasteiger partial charge in [0.1, 0.15) is 5.82 Å². The van der Waals surface area contributed by atoms with Crippen LogP contribution in [0.15, 0.2) is 51.9 Å². The fourth-order valence-electron chi connectivity index (χ4n) is 3.27. The van der Waals surface area contributed by atoms with Gasteiger partial charge in [-0.2, -0.15) is 4.98 Å². The number of benzene rings is 2. The van der Waals surface area contributed by atoms with Gasteiger partial charge in [0.25, 0.3) is 0 Å². The predicted molar refractivity (Wildman–Crippen MR) is 96.9 cm³/mol. The van der Waals surface area contributed by atoms with Gasteiger partial charge in [0.15, 0.2) is 0 Å². The molecule has 0 unspecified atom stereocenters. The Morgan fingerprint density at radius 2 is 2.00 bits per heavy atom. The lowest BCUT2D eigenvalue weighted by Crippen LogP contribution is -2.28. The van der Waals surface area contributed by atoms with E-state index in [2.05, 4.69) is 15.0 Å². The van der Waals surface area contributed by atoms with Gasteiger partial charge >= 0.3 is 0 Å². The van der Waals surface area contributed by atoms with Crippen LogP contribution in [0.4, 0.5) is 10.1 Å². The summed E-state index contributed by atoms with van der Waals surface area (Å²) >= 11 is 0. The maximum Gasteiger partial charge on any atom is 0.246 e. The molecule has 0 saturated carbocycles. The van der Waals surface area contributed by atoms with Crippen molar-refractivity contribution in [2.75, 3.05) is 4.90 Å². The van der Waals surface area contributed by atoms with Crippen molar-refractivity contribution in [3.05, 3.63) is 59.7 Å². The summed E-state index contributed by atoms with van der Waals surface area (Å²) < 4.78 is 41.5. The molecule has 0 radical (unpaired) electrons. The predicted octanol–water partition coefficient (Wildman–Crippen LogP) is 2.47. The van der Waals surface area contributed by atoms with Crippen molar-refractivity contribution >= 4 is 15.7 Å². The third kappa shape index (κ3) is 3.43. The lowest BCUT2D eigenvalue weighted by molar-refractivity contribution is 0.374. The van der Waals surface area contributed by atoms with Gasteiger partial charge in [-0.1, -0.05) is 5.16 Å². The summed E-state index contributed by atoms with van der Waals surface area (Å²) in [5, 5.41) is 9.17. The first-order valence-corrected chi connectivity index (χ1v) is 9.87. The zero-order valence-electron chi connectivity index (χ0n) is 14.5. The van der Waals surface area contributed by atoms with Crippen LogP contribution in [0.3, 0.4) is 0 Å². The molecule has 2 N–H and O–H groups in total. The molecule has 27 heavy (non-hydrogen) atoms. The molecule has 0 fully saturated rings. The number of anilines is 1. The number of primary sulfonamides is 1. The molecule has 0 bridgehead atoms. The highest BCUT2D eigenvalue weighted by atomic mass is 32.2. The number of sulfonamides is 1. The summed E-state index contributed by atoms with van der Waals surface area (Å²) in [6.45, 7) is 2.42. The van der Waals surface area contributed by atoms with Gasteiger partial charge in [-0.15, -0.1) is 0 Å². The van der Waals surface area contributed by atoms with Crippen molar-refractivity contribution in [1.82, 2.24) is 10.1 Å². The second kappa shape index (κ2) is 6.43. The molecule has 7 nitrogen and oxygen atoms in total. The van der Waals surface area contributed by atoms with Gasteiger partial charge in [-0.25, -0.2) is 17.9 Å². The fraction of sp³-hybridized carbons (Fsp3) is 0.222. The Bertz CT molecular complexity index is 1100. The summed E-state index contributed by atoms with van der Waals surface area (Å²) in [6, 6.07) is 10.8. The van der Waals surface area contributed by atoms with E-state index in [9.17, 15) is 12.8 Å². The van der Waals surface area contributed by atoms with E-state index >= 15 is 0 Å². The normalized spacial score (nSPS) is 16.6. The van der Waals surface area contributed by atoms with Gasteiger partial charge in [0, 0.05) is 17.3 Å². The number of hydrogen-bond acceptors (Lipinski definition) is 6. The molecule has 1 aromatic heterocycles. The molecule has 1 aliphatic heterocycles. The number of rotatable bonds is 4. The third-order valence-corrected chi connectivity index (χ3v) is 5.52. The maximum atomic E-state index is 13.0. The van der Waals surface area contributed by atoms with Crippen LogP contribution in [0.5, 0.6) is 0 Å². The highest BCUT2D eigenvalue weighted by molar-refractivity contribution is 7.89. The minimum Gasteiger partial charge on any atom is -0.359 e. The van der Waals surface area contributed by atoms with Crippen LogP contribution in [0.25, 0.3) is 11.4 Å². The van der Waals surface area contributed by atoms with Crippen molar-refractivity contribution in [3.8, 4) is 11.4 Å². The van der Waals surface area contributed by atoms with Crippen LogP contribution in [0, 0.1) is 5.82 Å². The molecule has 1 atom stereocenters. The van der Waals surface area contributed by atoms with E-state index in [-0.39, 0.29) is 16.8 Å². The lowest BCUT2D eigenvalue weighted by Gasteiger charge is -2.22. The first-order valence-electron chi connectivity index (χ1n) is 8.32. The SMILES string of the molecule is C[C@H]1Cc2cc(S(N)(=O)=O)ccc2N1Cc1nc(-c2ccc(F)cc2)no1. The maximum absolute atomic E-state index is 13.0. The van der Waals surface area contributed by atoms with Crippen LogP contribution in [0.1, 0.15) is 18.4 Å². The highest BCUT2D eigenvalue weighted by Gasteiger charge is 2.28. The van der Waals surface area contributed by atoms with Gasteiger partial charge in [-0.05, 0) is 61.4 Å². The second-order valence-corrected chi connectivity index (χ2v) is 8.10. The Morgan fingerprint density at radius 3 is 2.70 bits per heavy atom. The standard InChI is InChI=1S/C18H17FN4O3S/c1-11-8-13-9-15(27(20,24)25)6-7-16(13)23(11)10-17-21-18(22-26-17)12-2-4-14(19)5-3-12/h2-7,9,11H,8,10H2,1H3,(H2,20,24,25)/t11-/m0/s1. The van der Waals surface area contributed by atoms with Crippen LogP contribution < -0.4 is 10.0 Å². The Hall–Kier alpha value is -2.78. The van der Waals surface area contributed by atoms with E-state index in [1.54, 1.807) is 24.3 Å². The molecular formula is C18H17FN4O3S. The van der Waals surface area contributed by atoms with Gasteiger partial charge < -0.3 is 9.42 Å². The quantitative estimate of drug-likeness (QED) is 0.737. The molecule has 9 heteroatoms. The minimum atomic E-state index is -3.73. The minimum absolute atomic E-state index is 0.103. The third-order valence-electron chi connectivity index (χ3n) is 4.61. The van der Waals surface area contributed by atoms with E-state index in [0.717, 1.165) is 11.3 Å². The van der Waals surface area contributed by atoms with Gasteiger partial charge in [-0.3, -0.25) is 0 Å². The molecule has 2 heterocycles. The van der Waals surface area contributed by atoms with E-state index in [1.165, 1.54) is 18.2 Å².